The molecule has 2 rings (SSSR count). The van der Waals surface area contributed by atoms with E-state index in [0.29, 0.717) is 17.4 Å². The lowest BCUT2D eigenvalue weighted by atomic mass is 10.0. The van der Waals surface area contributed by atoms with Crippen LogP contribution in [0.2, 0.25) is 0 Å². The van der Waals surface area contributed by atoms with Gasteiger partial charge in [0.25, 0.3) is 0 Å². The zero-order valence-corrected chi connectivity index (χ0v) is 13.4. The molecule has 0 aromatic carbocycles. The van der Waals surface area contributed by atoms with Crippen molar-refractivity contribution in [3.63, 3.8) is 0 Å². The third kappa shape index (κ3) is 3.72. The molecule has 0 saturated heterocycles. The first-order valence-electron chi connectivity index (χ1n) is 8.24. The van der Waals surface area contributed by atoms with Crippen LogP contribution >= 0.6 is 0 Å². The lowest BCUT2D eigenvalue weighted by Gasteiger charge is -2.19. The number of nitrogens with zero attached hydrogens (tertiary/aromatic N) is 3. The minimum absolute atomic E-state index is 0.425. The van der Waals surface area contributed by atoms with E-state index in [9.17, 15) is 5.26 Å². The Balaban J connectivity index is 2.22. The molecule has 1 aliphatic rings. The quantitative estimate of drug-likeness (QED) is 0.854. The maximum Gasteiger partial charge on any atom is 0.167 e. The van der Waals surface area contributed by atoms with Crippen LogP contribution in [0.5, 0.6) is 0 Å². The van der Waals surface area contributed by atoms with Gasteiger partial charge >= 0.3 is 0 Å². The molecule has 2 atom stereocenters. The number of hydrogen-bond donors (Lipinski definition) is 1. The van der Waals surface area contributed by atoms with Crippen LogP contribution in [-0.2, 0) is 12.8 Å². The van der Waals surface area contributed by atoms with E-state index in [-0.39, 0.29) is 0 Å². The molecule has 2 unspecified atom stereocenters. The summed E-state index contributed by atoms with van der Waals surface area (Å²) in [6.07, 6.45) is 7.79. The van der Waals surface area contributed by atoms with Crippen LogP contribution in [0.4, 0.5) is 5.82 Å². The highest BCUT2D eigenvalue weighted by Gasteiger charge is 2.20. The molecule has 1 aliphatic carbocycles. The van der Waals surface area contributed by atoms with Crippen LogP contribution in [-0.4, -0.2) is 16.2 Å². The maximum absolute atomic E-state index is 9.52. The number of aryl methyl sites for hydroxylation is 1. The maximum atomic E-state index is 9.52. The van der Waals surface area contributed by atoms with Crippen LogP contribution in [0, 0.1) is 17.2 Å². The van der Waals surface area contributed by atoms with Crippen molar-refractivity contribution in [2.24, 2.45) is 5.92 Å². The first-order chi connectivity index (χ1) is 10.2. The van der Waals surface area contributed by atoms with E-state index in [0.717, 1.165) is 42.9 Å². The van der Waals surface area contributed by atoms with Crippen molar-refractivity contribution >= 4 is 5.82 Å². The van der Waals surface area contributed by atoms with Gasteiger partial charge in [-0.15, -0.1) is 5.10 Å². The van der Waals surface area contributed by atoms with Gasteiger partial charge in [-0.1, -0.05) is 33.6 Å². The monoisotopic (exact) mass is 286 g/mol. The molecule has 1 aromatic heterocycles. The van der Waals surface area contributed by atoms with Gasteiger partial charge in [0.05, 0.1) is 5.69 Å². The van der Waals surface area contributed by atoms with Gasteiger partial charge in [0, 0.05) is 6.04 Å². The predicted octanol–water partition coefficient (Wildman–Crippen LogP) is 3.85. The summed E-state index contributed by atoms with van der Waals surface area (Å²) < 4.78 is 0. The molecule has 1 saturated carbocycles. The van der Waals surface area contributed by atoms with E-state index in [1.54, 1.807) is 0 Å². The highest BCUT2D eigenvalue weighted by molar-refractivity contribution is 5.56. The first kappa shape index (κ1) is 15.8. The molecular formula is C17H26N4. The summed E-state index contributed by atoms with van der Waals surface area (Å²) >= 11 is 0. The molecule has 4 nitrogen and oxygen atoms in total. The van der Waals surface area contributed by atoms with Crippen LogP contribution < -0.4 is 5.32 Å². The Hall–Kier alpha value is -1.63. The van der Waals surface area contributed by atoms with Crippen molar-refractivity contribution < 1.29 is 0 Å². The molecule has 0 bridgehead atoms. The second-order valence-electron chi connectivity index (χ2n) is 6.12. The summed E-state index contributed by atoms with van der Waals surface area (Å²) in [6, 6.07) is 2.76. The number of rotatable bonds is 4. The molecule has 1 fully saturated rings. The van der Waals surface area contributed by atoms with E-state index < -0.39 is 0 Å². The molecule has 21 heavy (non-hydrogen) atoms. The molecule has 1 N–H and O–H groups in total. The SMILES string of the molecule is CCc1nnc(NC2CCCC(C)CC2)c(C#N)c1CC. The molecule has 0 amide bonds. The molecule has 0 spiro atoms. The third-order valence-electron chi connectivity index (χ3n) is 4.56. The van der Waals surface area contributed by atoms with Crippen molar-refractivity contribution in [3.05, 3.63) is 16.8 Å². The van der Waals surface area contributed by atoms with E-state index >= 15 is 0 Å². The minimum Gasteiger partial charge on any atom is -0.365 e. The molecule has 0 radical (unpaired) electrons. The summed E-state index contributed by atoms with van der Waals surface area (Å²) in [6.45, 7) is 6.46. The highest BCUT2D eigenvalue weighted by Crippen LogP contribution is 2.26. The van der Waals surface area contributed by atoms with Crippen LogP contribution in [0.3, 0.4) is 0 Å². The second kappa shape index (κ2) is 7.40. The Morgan fingerprint density at radius 2 is 1.95 bits per heavy atom. The summed E-state index contributed by atoms with van der Waals surface area (Å²) in [7, 11) is 0. The van der Waals surface area contributed by atoms with E-state index in [1.165, 1.54) is 19.3 Å². The van der Waals surface area contributed by atoms with Crippen molar-refractivity contribution in [1.29, 1.82) is 5.26 Å². The summed E-state index contributed by atoms with van der Waals surface area (Å²) in [4.78, 5) is 0. The van der Waals surface area contributed by atoms with Gasteiger partial charge < -0.3 is 5.32 Å². The largest absolute Gasteiger partial charge is 0.365 e. The van der Waals surface area contributed by atoms with Gasteiger partial charge in [-0.05, 0) is 43.6 Å². The number of aromatic nitrogens is 2. The molecule has 0 aliphatic heterocycles. The van der Waals surface area contributed by atoms with E-state index in [2.05, 4.69) is 42.4 Å². The van der Waals surface area contributed by atoms with Gasteiger partial charge in [0.2, 0.25) is 0 Å². The Morgan fingerprint density at radius 1 is 1.14 bits per heavy atom. The third-order valence-corrected chi connectivity index (χ3v) is 4.56. The second-order valence-corrected chi connectivity index (χ2v) is 6.12. The topological polar surface area (TPSA) is 61.6 Å². The van der Waals surface area contributed by atoms with Gasteiger partial charge in [0.1, 0.15) is 11.6 Å². The summed E-state index contributed by atoms with van der Waals surface area (Å²) in [5.41, 5.74) is 2.70. The fourth-order valence-electron chi connectivity index (χ4n) is 3.22. The predicted molar refractivity (Wildman–Crippen MR) is 85.2 cm³/mol. The van der Waals surface area contributed by atoms with Crippen LogP contribution in [0.1, 0.15) is 69.7 Å². The first-order valence-corrected chi connectivity index (χ1v) is 8.24. The fourth-order valence-corrected chi connectivity index (χ4v) is 3.22. The molecule has 114 valence electrons. The number of anilines is 1. The van der Waals surface area contributed by atoms with Crippen molar-refractivity contribution in [3.8, 4) is 6.07 Å². The van der Waals surface area contributed by atoms with Crippen molar-refractivity contribution in [2.75, 3.05) is 5.32 Å². The summed E-state index contributed by atoms with van der Waals surface area (Å²) in [5, 5.41) is 21.6. The summed E-state index contributed by atoms with van der Waals surface area (Å²) in [5.74, 6) is 1.50. The Kier molecular flexibility index (Phi) is 5.55. The number of nitriles is 1. The van der Waals surface area contributed by atoms with Gasteiger partial charge in [-0.25, -0.2) is 0 Å². The van der Waals surface area contributed by atoms with Gasteiger partial charge in [-0.3, -0.25) is 0 Å². The Morgan fingerprint density at radius 3 is 2.62 bits per heavy atom. The molecule has 4 heteroatoms. The zero-order valence-electron chi connectivity index (χ0n) is 13.4. The van der Waals surface area contributed by atoms with Gasteiger partial charge in [0.15, 0.2) is 5.82 Å². The van der Waals surface area contributed by atoms with Gasteiger partial charge in [-0.2, -0.15) is 10.4 Å². The van der Waals surface area contributed by atoms with Crippen molar-refractivity contribution in [2.45, 2.75) is 71.8 Å². The fraction of sp³-hybridized carbons (Fsp3) is 0.706. The number of nitrogens with one attached hydrogen (secondary N) is 1. The normalized spacial score (nSPS) is 22.4. The van der Waals surface area contributed by atoms with E-state index in [4.69, 9.17) is 0 Å². The lowest BCUT2D eigenvalue weighted by molar-refractivity contribution is 0.501. The van der Waals surface area contributed by atoms with Crippen LogP contribution in [0.15, 0.2) is 0 Å². The minimum atomic E-state index is 0.425. The lowest BCUT2D eigenvalue weighted by Crippen LogP contribution is -2.21. The average Bonchev–Trinajstić information content (AvgIpc) is 2.71. The molecule has 1 heterocycles. The standard InChI is InChI=1S/C17H26N4/c1-4-14-15(11-18)17(21-20-16(14)5-2)19-13-8-6-7-12(3)9-10-13/h12-13H,4-10H2,1-3H3,(H,19,21). The zero-order chi connectivity index (χ0) is 15.2. The Labute approximate surface area is 128 Å². The number of hydrogen-bond acceptors (Lipinski definition) is 4. The smallest absolute Gasteiger partial charge is 0.167 e. The Bertz CT molecular complexity index is 518. The molecular weight excluding hydrogens is 260 g/mol. The van der Waals surface area contributed by atoms with E-state index in [1.807, 2.05) is 0 Å². The average molecular weight is 286 g/mol. The van der Waals surface area contributed by atoms with Crippen molar-refractivity contribution in [1.82, 2.24) is 10.2 Å². The molecule has 1 aromatic rings. The highest BCUT2D eigenvalue weighted by atomic mass is 15.2. The van der Waals surface area contributed by atoms with Crippen LogP contribution in [0.25, 0.3) is 0 Å².